The molecule has 0 aliphatic heterocycles. The zero-order valence-electron chi connectivity index (χ0n) is 19.8. The second-order valence-electron chi connectivity index (χ2n) is 9.88. The summed E-state index contributed by atoms with van der Waals surface area (Å²) in [4.78, 5) is 17.4. The number of carboxylic acid groups (broad SMARTS) is 1. The summed E-state index contributed by atoms with van der Waals surface area (Å²) in [6.07, 6.45) is 4.91. The SMILES string of the molecule is Cc1cc(C=Nc2sc3c(c2C#N)CC[C@@H](C(C)(C)C)C3)c(C)n1-c1cccc(C(=O)O)c1. The summed E-state index contributed by atoms with van der Waals surface area (Å²) < 4.78 is 2.03. The summed E-state index contributed by atoms with van der Waals surface area (Å²) in [5.41, 5.74) is 6.16. The number of benzene rings is 1. The molecule has 3 aromatic rings. The van der Waals surface area contributed by atoms with Gasteiger partial charge in [-0.3, -0.25) is 0 Å². The number of thiophene rings is 1. The van der Waals surface area contributed by atoms with Crippen LogP contribution in [-0.4, -0.2) is 21.9 Å². The zero-order valence-corrected chi connectivity index (χ0v) is 20.6. The van der Waals surface area contributed by atoms with Crippen molar-refractivity contribution in [2.24, 2.45) is 16.3 Å². The number of aryl methyl sites for hydroxylation is 1. The van der Waals surface area contributed by atoms with E-state index in [9.17, 15) is 15.2 Å². The number of aliphatic imine (C=N–C) groups is 1. The van der Waals surface area contributed by atoms with Crippen LogP contribution in [0.3, 0.4) is 0 Å². The molecule has 5 nitrogen and oxygen atoms in total. The maximum absolute atomic E-state index is 11.4. The highest BCUT2D eigenvalue weighted by atomic mass is 32.1. The Balaban J connectivity index is 1.67. The highest BCUT2D eigenvalue weighted by Gasteiger charge is 2.32. The molecule has 0 fully saturated rings. The van der Waals surface area contributed by atoms with E-state index in [0.29, 0.717) is 5.92 Å². The Bertz CT molecular complexity index is 1300. The lowest BCUT2D eigenvalue weighted by atomic mass is 9.72. The van der Waals surface area contributed by atoms with Gasteiger partial charge in [0.15, 0.2) is 0 Å². The van der Waals surface area contributed by atoms with Gasteiger partial charge in [0.2, 0.25) is 0 Å². The lowest BCUT2D eigenvalue weighted by molar-refractivity contribution is 0.0697. The molecule has 0 bridgehead atoms. The van der Waals surface area contributed by atoms with Gasteiger partial charge in [-0.05, 0) is 74.3 Å². The predicted molar refractivity (Wildman–Crippen MR) is 133 cm³/mol. The molecule has 2 aromatic heterocycles. The molecule has 1 aliphatic carbocycles. The molecular weight excluding hydrogens is 430 g/mol. The average Bonchev–Trinajstić information content (AvgIpc) is 3.26. The Morgan fingerprint density at radius 3 is 2.73 bits per heavy atom. The molecule has 1 aromatic carbocycles. The van der Waals surface area contributed by atoms with Crippen LogP contribution in [0.4, 0.5) is 5.00 Å². The fourth-order valence-electron chi connectivity index (χ4n) is 4.74. The molecular formula is C27H29N3O2S. The van der Waals surface area contributed by atoms with Crippen LogP contribution in [-0.2, 0) is 12.8 Å². The monoisotopic (exact) mass is 459 g/mol. The summed E-state index contributed by atoms with van der Waals surface area (Å²) in [7, 11) is 0. The molecule has 0 spiro atoms. The maximum atomic E-state index is 11.4. The smallest absolute Gasteiger partial charge is 0.335 e. The minimum Gasteiger partial charge on any atom is -0.478 e. The summed E-state index contributed by atoms with van der Waals surface area (Å²) in [5.74, 6) is -0.326. The third-order valence-electron chi connectivity index (χ3n) is 6.73. The Labute approximate surface area is 199 Å². The van der Waals surface area contributed by atoms with Crippen LogP contribution in [0.5, 0.6) is 0 Å². The van der Waals surface area contributed by atoms with E-state index in [1.807, 2.05) is 36.8 Å². The van der Waals surface area contributed by atoms with Gasteiger partial charge < -0.3 is 9.67 Å². The van der Waals surface area contributed by atoms with Gasteiger partial charge in [-0.2, -0.15) is 5.26 Å². The molecule has 0 saturated heterocycles. The first-order valence-corrected chi connectivity index (χ1v) is 12.0. The third kappa shape index (κ3) is 4.38. The minimum absolute atomic E-state index is 0.256. The zero-order chi connectivity index (χ0) is 23.9. The number of aromatic nitrogens is 1. The van der Waals surface area contributed by atoms with Crippen molar-refractivity contribution < 1.29 is 9.90 Å². The van der Waals surface area contributed by atoms with Crippen LogP contribution in [0.25, 0.3) is 5.69 Å². The lowest BCUT2D eigenvalue weighted by Crippen LogP contribution is -2.26. The van der Waals surface area contributed by atoms with Crippen LogP contribution in [0, 0.1) is 36.5 Å². The van der Waals surface area contributed by atoms with Gasteiger partial charge in [0.1, 0.15) is 11.1 Å². The van der Waals surface area contributed by atoms with E-state index in [0.717, 1.165) is 52.5 Å². The van der Waals surface area contributed by atoms with E-state index < -0.39 is 5.97 Å². The minimum atomic E-state index is -0.944. The number of fused-ring (bicyclic) bond motifs is 1. The van der Waals surface area contributed by atoms with Gasteiger partial charge in [0.05, 0.1) is 11.1 Å². The first kappa shape index (κ1) is 23.0. The van der Waals surface area contributed by atoms with Gasteiger partial charge in [-0.1, -0.05) is 26.8 Å². The quantitative estimate of drug-likeness (QED) is 0.445. The standard InChI is InChI=1S/C27H29N3O2S/c1-16-11-19(17(2)30(16)21-8-6-7-18(12-21)26(31)32)15-29-25-23(14-28)22-10-9-20(27(3,4)5)13-24(22)33-25/h6-8,11-12,15,20H,9-10,13H2,1-5H3,(H,31,32)/t20-/m1/s1. The number of hydrogen-bond acceptors (Lipinski definition) is 4. The normalized spacial score (nSPS) is 16.1. The van der Waals surface area contributed by atoms with Gasteiger partial charge in [-0.25, -0.2) is 9.79 Å². The Morgan fingerprint density at radius 2 is 2.06 bits per heavy atom. The van der Waals surface area contributed by atoms with E-state index in [2.05, 4.69) is 26.8 Å². The van der Waals surface area contributed by atoms with Gasteiger partial charge in [0.25, 0.3) is 0 Å². The highest BCUT2D eigenvalue weighted by molar-refractivity contribution is 7.16. The van der Waals surface area contributed by atoms with Crippen molar-refractivity contribution in [3.8, 4) is 11.8 Å². The molecule has 170 valence electrons. The Hall–Kier alpha value is -3.17. The Kier molecular flexibility index (Phi) is 6.02. The van der Waals surface area contributed by atoms with Crippen LogP contribution in [0.1, 0.15) is 70.5 Å². The highest BCUT2D eigenvalue weighted by Crippen LogP contribution is 2.44. The Morgan fingerprint density at radius 1 is 1.30 bits per heavy atom. The van der Waals surface area contributed by atoms with Crippen molar-refractivity contribution in [3.63, 3.8) is 0 Å². The van der Waals surface area contributed by atoms with Crippen molar-refractivity contribution in [1.82, 2.24) is 4.57 Å². The fourth-order valence-corrected chi connectivity index (χ4v) is 5.96. The van der Waals surface area contributed by atoms with E-state index in [1.165, 1.54) is 10.4 Å². The molecule has 1 aliphatic rings. The molecule has 0 saturated carbocycles. The van der Waals surface area contributed by atoms with Crippen molar-refractivity contribution in [1.29, 1.82) is 5.26 Å². The van der Waals surface area contributed by atoms with E-state index in [4.69, 9.17) is 4.99 Å². The van der Waals surface area contributed by atoms with Crippen molar-refractivity contribution in [2.75, 3.05) is 0 Å². The molecule has 0 amide bonds. The number of carboxylic acids is 1. The van der Waals surface area contributed by atoms with E-state index >= 15 is 0 Å². The molecule has 0 unspecified atom stereocenters. The summed E-state index contributed by atoms with van der Waals surface area (Å²) >= 11 is 1.65. The van der Waals surface area contributed by atoms with E-state index in [-0.39, 0.29) is 11.0 Å². The number of carbonyl (C=O) groups is 1. The number of rotatable bonds is 4. The molecule has 1 atom stereocenters. The van der Waals surface area contributed by atoms with Crippen LogP contribution < -0.4 is 0 Å². The van der Waals surface area contributed by atoms with Crippen molar-refractivity contribution in [3.05, 3.63) is 68.9 Å². The number of hydrogen-bond donors (Lipinski definition) is 1. The predicted octanol–water partition coefficient (Wildman–Crippen LogP) is 6.63. The number of nitriles is 1. The van der Waals surface area contributed by atoms with Crippen LogP contribution in [0.15, 0.2) is 35.3 Å². The van der Waals surface area contributed by atoms with Crippen LogP contribution >= 0.6 is 11.3 Å². The van der Waals surface area contributed by atoms with Gasteiger partial charge >= 0.3 is 5.97 Å². The van der Waals surface area contributed by atoms with Crippen molar-refractivity contribution >= 4 is 28.5 Å². The topological polar surface area (TPSA) is 78.4 Å². The average molecular weight is 460 g/mol. The second-order valence-corrected chi connectivity index (χ2v) is 11.0. The lowest BCUT2D eigenvalue weighted by Gasteiger charge is -2.33. The number of nitrogens with zero attached hydrogens (tertiary/aromatic N) is 3. The molecule has 33 heavy (non-hydrogen) atoms. The second kappa shape index (κ2) is 8.64. The molecule has 1 N–H and O–H groups in total. The largest absolute Gasteiger partial charge is 0.478 e. The fraction of sp³-hybridized carbons (Fsp3) is 0.370. The molecule has 2 heterocycles. The molecule has 0 radical (unpaired) electrons. The molecule has 4 rings (SSSR count). The first-order valence-electron chi connectivity index (χ1n) is 11.2. The van der Waals surface area contributed by atoms with Crippen molar-refractivity contribution in [2.45, 2.75) is 53.9 Å². The maximum Gasteiger partial charge on any atom is 0.335 e. The third-order valence-corrected chi connectivity index (χ3v) is 7.89. The number of aromatic carboxylic acids is 1. The first-order chi connectivity index (χ1) is 15.6. The molecule has 6 heteroatoms. The summed E-state index contributed by atoms with van der Waals surface area (Å²) in [6, 6.07) is 11.4. The summed E-state index contributed by atoms with van der Waals surface area (Å²) in [5, 5.41) is 20.0. The van der Waals surface area contributed by atoms with Crippen LogP contribution in [0.2, 0.25) is 0 Å². The van der Waals surface area contributed by atoms with E-state index in [1.54, 1.807) is 29.5 Å². The summed E-state index contributed by atoms with van der Waals surface area (Å²) in [6.45, 7) is 10.9. The van der Waals surface area contributed by atoms with Gasteiger partial charge in [-0.15, -0.1) is 11.3 Å². The van der Waals surface area contributed by atoms with Gasteiger partial charge in [0, 0.05) is 33.7 Å².